The molecule has 4 aromatic carbocycles. The number of morpholine rings is 1. The third-order valence-electron chi connectivity index (χ3n) is 8.92. The number of amides is 2. The van der Waals surface area contributed by atoms with Gasteiger partial charge in [-0.05, 0) is 59.9 Å². The van der Waals surface area contributed by atoms with Crippen LogP contribution in [0.3, 0.4) is 0 Å². The Morgan fingerprint density at radius 3 is 2.33 bits per heavy atom. The molecule has 5 aromatic rings. The van der Waals surface area contributed by atoms with Gasteiger partial charge in [0, 0.05) is 46.5 Å². The SMILES string of the molecule is CC(C)CC(C(=O)Nc1ccc(N2CCOCC2)cc1)N1C(=O)c2ccccc2C1c1c(-c2ccccc2)[nH]c2ccccc12. The van der Waals surface area contributed by atoms with Gasteiger partial charge in [-0.15, -0.1) is 0 Å². The lowest BCUT2D eigenvalue weighted by molar-refractivity contribution is -0.121. The fourth-order valence-electron chi connectivity index (χ4n) is 6.83. The van der Waals surface area contributed by atoms with Crippen LogP contribution in [-0.2, 0) is 9.53 Å². The van der Waals surface area contributed by atoms with Crippen LogP contribution < -0.4 is 10.2 Å². The molecule has 0 saturated carbocycles. The molecule has 2 aliphatic rings. The van der Waals surface area contributed by atoms with Gasteiger partial charge in [0.05, 0.1) is 24.9 Å². The second kappa shape index (κ2) is 12.3. The molecule has 3 heterocycles. The lowest BCUT2D eigenvalue weighted by Gasteiger charge is -2.34. The largest absolute Gasteiger partial charge is 0.378 e. The Hall–Kier alpha value is -4.88. The summed E-state index contributed by atoms with van der Waals surface area (Å²) in [5.74, 6) is -0.128. The number of rotatable bonds is 8. The maximum absolute atomic E-state index is 14.4. The van der Waals surface area contributed by atoms with Gasteiger partial charge in [0.2, 0.25) is 5.91 Å². The van der Waals surface area contributed by atoms with Crippen molar-refractivity contribution in [2.45, 2.75) is 32.4 Å². The third-order valence-corrected chi connectivity index (χ3v) is 8.92. The summed E-state index contributed by atoms with van der Waals surface area (Å²) >= 11 is 0. The zero-order valence-corrected chi connectivity index (χ0v) is 25.7. The lowest BCUT2D eigenvalue weighted by Crippen LogP contribution is -2.47. The number of aromatic amines is 1. The zero-order valence-electron chi connectivity index (χ0n) is 25.7. The van der Waals surface area contributed by atoms with E-state index in [0.717, 1.165) is 52.1 Å². The molecular weight excluding hydrogens is 560 g/mol. The Kier molecular flexibility index (Phi) is 7.86. The Morgan fingerprint density at radius 1 is 0.889 bits per heavy atom. The molecule has 7 nitrogen and oxygen atoms in total. The van der Waals surface area contributed by atoms with Crippen LogP contribution in [0.4, 0.5) is 11.4 Å². The maximum Gasteiger partial charge on any atom is 0.255 e. The summed E-state index contributed by atoms with van der Waals surface area (Å²) in [5, 5.41) is 4.21. The van der Waals surface area contributed by atoms with Crippen LogP contribution in [0.15, 0.2) is 103 Å². The summed E-state index contributed by atoms with van der Waals surface area (Å²) in [4.78, 5) is 36.5. The number of hydrogen-bond donors (Lipinski definition) is 2. The van der Waals surface area contributed by atoms with Gasteiger partial charge in [0.15, 0.2) is 0 Å². The van der Waals surface area contributed by atoms with E-state index in [1.807, 2.05) is 83.8 Å². The van der Waals surface area contributed by atoms with Crippen molar-refractivity contribution in [1.82, 2.24) is 9.88 Å². The normalized spacial score (nSPS) is 17.1. The van der Waals surface area contributed by atoms with E-state index in [1.54, 1.807) is 0 Å². The van der Waals surface area contributed by atoms with Crippen LogP contribution in [0.5, 0.6) is 0 Å². The average molecular weight is 599 g/mol. The van der Waals surface area contributed by atoms with Crippen LogP contribution in [0.2, 0.25) is 0 Å². The van der Waals surface area contributed by atoms with E-state index in [4.69, 9.17) is 4.74 Å². The van der Waals surface area contributed by atoms with Gasteiger partial charge in [-0.2, -0.15) is 0 Å². The predicted molar refractivity (Wildman–Crippen MR) is 180 cm³/mol. The van der Waals surface area contributed by atoms with Crippen LogP contribution in [0.1, 0.15) is 47.8 Å². The van der Waals surface area contributed by atoms with Gasteiger partial charge in [-0.1, -0.05) is 80.6 Å². The van der Waals surface area contributed by atoms with E-state index >= 15 is 0 Å². The van der Waals surface area contributed by atoms with E-state index in [0.29, 0.717) is 30.9 Å². The van der Waals surface area contributed by atoms with Crippen LogP contribution in [0, 0.1) is 5.92 Å². The van der Waals surface area contributed by atoms with E-state index in [2.05, 4.69) is 53.3 Å². The molecule has 0 radical (unpaired) electrons. The van der Waals surface area contributed by atoms with Crippen molar-refractivity contribution in [2.75, 3.05) is 36.5 Å². The van der Waals surface area contributed by atoms with E-state index < -0.39 is 12.1 Å². The molecule has 2 unspecified atom stereocenters. The lowest BCUT2D eigenvalue weighted by atomic mass is 9.91. The third kappa shape index (κ3) is 5.49. The summed E-state index contributed by atoms with van der Waals surface area (Å²) in [6, 6.07) is 33.1. The highest BCUT2D eigenvalue weighted by Gasteiger charge is 2.45. The highest BCUT2D eigenvalue weighted by Crippen LogP contribution is 2.47. The number of nitrogens with one attached hydrogen (secondary N) is 2. The van der Waals surface area contributed by atoms with Crippen LogP contribution in [0.25, 0.3) is 22.2 Å². The number of carbonyl (C=O) groups excluding carboxylic acids is 2. The molecular formula is C38H38N4O3. The van der Waals surface area contributed by atoms with Gasteiger partial charge in [-0.3, -0.25) is 9.59 Å². The second-order valence-electron chi connectivity index (χ2n) is 12.3. The average Bonchev–Trinajstić information content (AvgIpc) is 3.59. The molecule has 7 rings (SSSR count). The Balaban J connectivity index is 1.30. The molecule has 0 aliphatic carbocycles. The number of carbonyl (C=O) groups is 2. The zero-order chi connectivity index (χ0) is 30.9. The molecule has 45 heavy (non-hydrogen) atoms. The standard InChI is InChI=1S/C38H38N4O3/c1-25(2)24-33(37(43)39-27-16-18-28(19-17-27)41-20-22-45-23-21-41)42-36(29-12-6-7-13-30(29)38(42)44)34-31-14-8-9-15-32(31)40-35(34)26-10-4-3-5-11-26/h3-19,25,33,36,40H,20-24H2,1-2H3,(H,39,43). The maximum atomic E-state index is 14.4. The number of fused-ring (bicyclic) bond motifs is 2. The molecule has 1 fully saturated rings. The Morgan fingerprint density at radius 2 is 1.58 bits per heavy atom. The molecule has 2 aliphatic heterocycles. The van der Waals surface area contributed by atoms with Gasteiger partial charge >= 0.3 is 0 Å². The first kappa shape index (κ1) is 28.9. The number of para-hydroxylation sites is 1. The summed E-state index contributed by atoms with van der Waals surface area (Å²) < 4.78 is 5.49. The highest BCUT2D eigenvalue weighted by molar-refractivity contribution is 6.06. The number of benzene rings is 4. The Bertz CT molecular complexity index is 1820. The fourth-order valence-corrected chi connectivity index (χ4v) is 6.83. The number of hydrogen-bond acceptors (Lipinski definition) is 4. The van der Waals surface area contributed by atoms with Gasteiger partial charge in [0.1, 0.15) is 6.04 Å². The smallest absolute Gasteiger partial charge is 0.255 e. The van der Waals surface area contributed by atoms with Gasteiger partial charge < -0.3 is 24.8 Å². The van der Waals surface area contributed by atoms with Crippen LogP contribution in [-0.4, -0.2) is 54.0 Å². The summed E-state index contributed by atoms with van der Waals surface area (Å²) in [5.41, 5.74) is 7.37. The fraction of sp³-hybridized carbons (Fsp3) is 0.263. The van der Waals surface area contributed by atoms with Crippen molar-refractivity contribution in [3.8, 4) is 11.3 Å². The van der Waals surface area contributed by atoms with E-state index in [9.17, 15) is 9.59 Å². The summed E-state index contributed by atoms with van der Waals surface area (Å²) in [7, 11) is 0. The minimum Gasteiger partial charge on any atom is -0.378 e. The number of anilines is 2. The molecule has 0 spiro atoms. The van der Waals surface area contributed by atoms with Crippen molar-refractivity contribution in [3.05, 3.63) is 120 Å². The first-order chi connectivity index (χ1) is 22.0. The molecule has 7 heteroatoms. The summed E-state index contributed by atoms with van der Waals surface area (Å²) in [6.07, 6.45) is 0.525. The van der Waals surface area contributed by atoms with Crippen molar-refractivity contribution in [3.63, 3.8) is 0 Å². The molecule has 228 valence electrons. The minimum absolute atomic E-state index is 0.122. The highest BCUT2D eigenvalue weighted by atomic mass is 16.5. The molecule has 1 aromatic heterocycles. The molecule has 2 N–H and O–H groups in total. The molecule has 2 amide bonds. The van der Waals surface area contributed by atoms with E-state index in [1.165, 1.54) is 0 Å². The first-order valence-corrected chi connectivity index (χ1v) is 15.8. The summed E-state index contributed by atoms with van der Waals surface area (Å²) in [6.45, 7) is 7.32. The molecule has 1 saturated heterocycles. The number of aromatic nitrogens is 1. The molecule has 0 bridgehead atoms. The Labute approximate surface area is 263 Å². The van der Waals surface area contributed by atoms with Gasteiger partial charge in [0.25, 0.3) is 5.91 Å². The van der Waals surface area contributed by atoms with Gasteiger partial charge in [-0.25, -0.2) is 0 Å². The van der Waals surface area contributed by atoms with Crippen molar-refractivity contribution in [2.24, 2.45) is 5.92 Å². The molecule has 2 atom stereocenters. The van der Waals surface area contributed by atoms with E-state index in [-0.39, 0.29) is 17.7 Å². The monoisotopic (exact) mass is 598 g/mol. The van der Waals surface area contributed by atoms with Crippen molar-refractivity contribution < 1.29 is 14.3 Å². The predicted octanol–water partition coefficient (Wildman–Crippen LogP) is 7.27. The number of H-pyrrole nitrogens is 1. The second-order valence-corrected chi connectivity index (χ2v) is 12.3. The number of nitrogens with zero attached hydrogens (tertiary/aromatic N) is 2. The van der Waals surface area contributed by atoms with Crippen molar-refractivity contribution >= 4 is 34.1 Å². The van der Waals surface area contributed by atoms with Crippen molar-refractivity contribution in [1.29, 1.82) is 0 Å². The minimum atomic E-state index is -0.689. The quantitative estimate of drug-likeness (QED) is 0.197. The number of ether oxygens (including phenoxy) is 1. The first-order valence-electron chi connectivity index (χ1n) is 15.8. The van der Waals surface area contributed by atoms with Crippen LogP contribution >= 0.6 is 0 Å². The topological polar surface area (TPSA) is 77.7 Å².